The lowest BCUT2D eigenvalue weighted by molar-refractivity contribution is -0.118. The first-order chi connectivity index (χ1) is 14.9. The monoisotopic (exact) mass is 446 g/mol. The number of ether oxygens (including phenoxy) is 3. The molecular formula is C22H26N2O6S. The van der Waals surface area contributed by atoms with E-state index in [0.717, 1.165) is 18.4 Å². The predicted octanol–water partition coefficient (Wildman–Crippen LogP) is 3.20. The van der Waals surface area contributed by atoms with Crippen molar-refractivity contribution in [3.05, 3.63) is 48.0 Å². The normalized spacial score (nSPS) is 13.8. The van der Waals surface area contributed by atoms with Gasteiger partial charge >= 0.3 is 0 Å². The number of benzene rings is 2. The summed E-state index contributed by atoms with van der Waals surface area (Å²) in [4.78, 5) is 12.5. The fourth-order valence-electron chi connectivity index (χ4n) is 2.87. The molecule has 8 nitrogen and oxygen atoms in total. The molecule has 0 bridgehead atoms. The lowest BCUT2D eigenvalue weighted by Crippen LogP contribution is -2.26. The number of hydrogen-bond donors (Lipinski definition) is 2. The number of carbonyl (C=O) groups excluding carboxylic acids is 1. The summed E-state index contributed by atoms with van der Waals surface area (Å²) < 4.78 is 43.7. The Labute approximate surface area is 182 Å². The maximum absolute atomic E-state index is 12.5. The number of anilines is 1. The summed E-state index contributed by atoms with van der Waals surface area (Å²) in [6.45, 7) is 1.62. The van der Waals surface area contributed by atoms with Crippen LogP contribution in [0.25, 0.3) is 6.08 Å². The number of sulfonamides is 1. The SMILES string of the molecule is C/C=C/c1ccc(OCC(=O)Nc2cc(S(=O)(=O)NC3CC3)ccc2OC)c(OC)c1. The van der Waals surface area contributed by atoms with Crippen molar-refractivity contribution >= 4 is 27.7 Å². The molecule has 3 rings (SSSR count). The van der Waals surface area contributed by atoms with Gasteiger partial charge in [0.15, 0.2) is 18.1 Å². The summed E-state index contributed by atoms with van der Waals surface area (Å²) in [5.41, 5.74) is 1.18. The number of nitrogens with one attached hydrogen (secondary N) is 2. The molecule has 0 aliphatic heterocycles. The zero-order chi connectivity index (χ0) is 22.4. The van der Waals surface area contributed by atoms with Gasteiger partial charge in [-0.15, -0.1) is 0 Å². The van der Waals surface area contributed by atoms with E-state index in [4.69, 9.17) is 14.2 Å². The third kappa shape index (κ3) is 5.99. The lowest BCUT2D eigenvalue weighted by atomic mass is 10.2. The summed E-state index contributed by atoms with van der Waals surface area (Å²) in [6.07, 6.45) is 5.49. The van der Waals surface area contributed by atoms with Crippen molar-refractivity contribution in [2.24, 2.45) is 0 Å². The fraction of sp³-hybridized carbons (Fsp3) is 0.318. The second-order valence-corrected chi connectivity index (χ2v) is 8.72. The molecule has 1 fully saturated rings. The Balaban J connectivity index is 1.70. The van der Waals surface area contributed by atoms with Crippen molar-refractivity contribution < 1.29 is 27.4 Å². The largest absolute Gasteiger partial charge is 0.495 e. The van der Waals surface area contributed by atoms with Crippen molar-refractivity contribution in [3.63, 3.8) is 0 Å². The van der Waals surface area contributed by atoms with Crippen molar-refractivity contribution in [1.82, 2.24) is 4.72 Å². The van der Waals surface area contributed by atoms with Crippen LogP contribution >= 0.6 is 0 Å². The van der Waals surface area contributed by atoms with Gasteiger partial charge in [0.05, 0.1) is 24.8 Å². The van der Waals surface area contributed by atoms with Crippen molar-refractivity contribution in [2.45, 2.75) is 30.7 Å². The Morgan fingerprint density at radius 3 is 2.42 bits per heavy atom. The van der Waals surface area contributed by atoms with Crippen LogP contribution in [0.15, 0.2) is 47.4 Å². The first-order valence-electron chi connectivity index (χ1n) is 9.80. The van der Waals surface area contributed by atoms with E-state index in [-0.39, 0.29) is 23.2 Å². The fourth-order valence-corrected chi connectivity index (χ4v) is 4.20. The summed E-state index contributed by atoms with van der Waals surface area (Å²) in [6, 6.07) is 9.66. The van der Waals surface area contributed by atoms with Gasteiger partial charge in [-0.1, -0.05) is 18.2 Å². The zero-order valence-electron chi connectivity index (χ0n) is 17.7. The Hall–Kier alpha value is -3.04. The second-order valence-electron chi connectivity index (χ2n) is 7.00. The molecular weight excluding hydrogens is 420 g/mol. The summed E-state index contributed by atoms with van der Waals surface area (Å²) in [5.74, 6) is 0.789. The Morgan fingerprint density at radius 2 is 1.77 bits per heavy atom. The minimum absolute atomic E-state index is 0.0206. The van der Waals surface area contributed by atoms with Crippen LogP contribution in [-0.2, 0) is 14.8 Å². The van der Waals surface area contributed by atoms with E-state index in [9.17, 15) is 13.2 Å². The van der Waals surface area contributed by atoms with Crippen LogP contribution in [-0.4, -0.2) is 41.2 Å². The number of methoxy groups -OCH3 is 2. The van der Waals surface area contributed by atoms with E-state index in [1.807, 2.05) is 25.1 Å². The maximum atomic E-state index is 12.5. The zero-order valence-corrected chi connectivity index (χ0v) is 18.5. The number of allylic oxidation sites excluding steroid dienone is 1. The van der Waals surface area contributed by atoms with Crippen LogP contribution in [0.2, 0.25) is 0 Å². The number of amides is 1. The third-order valence-electron chi connectivity index (χ3n) is 4.56. The predicted molar refractivity (Wildman–Crippen MR) is 118 cm³/mol. The van der Waals surface area contributed by atoms with Crippen LogP contribution in [0, 0.1) is 0 Å². The highest BCUT2D eigenvalue weighted by Crippen LogP contribution is 2.30. The van der Waals surface area contributed by atoms with Gasteiger partial charge in [-0.25, -0.2) is 13.1 Å². The molecule has 0 atom stereocenters. The highest BCUT2D eigenvalue weighted by atomic mass is 32.2. The second kappa shape index (κ2) is 9.84. The standard InChI is InChI=1S/C22H26N2O6S/c1-4-5-15-6-10-20(21(12-15)29-3)30-14-22(25)23-18-13-17(9-11-19(18)28-2)31(26,27)24-16-7-8-16/h4-6,9-13,16,24H,7-8,14H2,1-3H3,(H,23,25)/b5-4+. The van der Waals surface area contributed by atoms with Crippen molar-refractivity contribution in [1.29, 1.82) is 0 Å². The quantitative estimate of drug-likeness (QED) is 0.581. The van der Waals surface area contributed by atoms with Gasteiger partial charge in [-0.3, -0.25) is 4.79 Å². The molecule has 2 aromatic rings. The van der Waals surface area contributed by atoms with Gasteiger partial charge in [0.2, 0.25) is 10.0 Å². The topological polar surface area (TPSA) is 103 Å². The molecule has 2 aromatic carbocycles. The molecule has 31 heavy (non-hydrogen) atoms. The molecule has 1 amide bonds. The van der Waals surface area contributed by atoms with E-state index in [0.29, 0.717) is 17.2 Å². The van der Waals surface area contributed by atoms with Gasteiger partial charge in [-0.05, 0) is 55.7 Å². The maximum Gasteiger partial charge on any atom is 0.262 e. The minimum Gasteiger partial charge on any atom is -0.495 e. The first-order valence-corrected chi connectivity index (χ1v) is 11.3. The number of rotatable bonds is 10. The Bertz CT molecular complexity index is 1080. The molecule has 0 heterocycles. The smallest absolute Gasteiger partial charge is 0.262 e. The van der Waals surface area contributed by atoms with Gasteiger partial charge in [0.1, 0.15) is 5.75 Å². The average molecular weight is 447 g/mol. The van der Waals surface area contributed by atoms with E-state index in [1.54, 1.807) is 12.1 Å². The molecule has 1 aliphatic carbocycles. The van der Waals surface area contributed by atoms with Gasteiger partial charge < -0.3 is 19.5 Å². The van der Waals surface area contributed by atoms with Crippen LogP contribution in [0.1, 0.15) is 25.3 Å². The average Bonchev–Trinajstić information content (AvgIpc) is 3.56. The van der Waals surface area contributed by atoms with Crippen molar-refractivity contribution in [3.8, 4) is 17.2 Å². The Morgan fingerprint density at radius 1 is 1.06 bits per heavy atom. The molecule has 0 unspecified atom stereocenters. The summed E-state index contributed by atoms with van der Waals surface area (Å²) >= 11 is 0. The van der Waals surface area contributed by atoms with Crippen LogP contribution in [0.4, 0.5) is 5.69 Å². The molecule has 0 saturated heterocycles. The third-order valence-corrected chi connectivity index (χ3v) is 6.08. The summed E-state index contributed by atoms with van der Waals surface area (Å²) in [7, 11) is -0.702. The van der Waals surface area contributed by atoms with Crippen molar-refractivity contribution in [2.75, 3.05) is 26.1 Å². The van der Waals surface area contributed by atoms with E-state index < -0.39 is 15.9 Å². The first kappa shape index (κ1) is 22.6. The van der Waals surface area contributed by atoms with Gasteiger partial charge in [0.25, 0.3) is 5.91 Å². The number of carbonyl (C=O) groups is 1. The molecule has 2 N–H and O–H groups in total. The molecule has 0 aromatic heterocycles. The molecule has 166 valence electrons. The number of hydrogen-bond acceptors (Lipinski definition) is 6. The lowest BCUT2D eigenvalue weighted by Gasteiger charge is -2.14. The molecule has 1 aliphatic rings. The minimum atomic E-state index is -3.66. The van der Waals surface area contributed by atoms with Gasteiger partial charge in [0, 0.05) is 6.04 Å². The van der Waals surface area contributed by atoms with E-state index in [1.165, 1.54) is 32.4 Å². The van der Waals surface area contributed by atoms with Crippen LogP contribution in [0.5, 0.6) is 17.2 Å². The van der Waals surface area contributed by atoms with E-state index >= 15 is 0 Å². The van der Waals surface area contributed by atoms with Gasteiger partial charge in [-0.2, -0.15) is 0 Å². The van der Waals surface area contributed by atoms with Crippen LogP contribution < -0.4 is 24.2 Å². The molecule has 9 heteroatoms. The molecule has 0 spiro atoms. The highest BCUT2D eigenvalue weighted by Gasteiger charge is 2.28. The van der Waals surface area contributed by atoms with E-state index in [2.05, 4.69) is 10.0 Å². The Kier molecular flexibility index (Phi) is 7.19. The molecule has 1 saturated carbocycles. The highest BCUT2D eigenvalue weighted by molar-refractivity contribution is 7.89. The molecule has 0 radical (unpaired) electrons. The van der Waals surface area contributed by atoms with Crippen LogP contribution in [0.3, 0.4) is 0 Å². The summed E-state index contributed by atoms with van der Waals surface area (Å²) in [5, 5.41) is 2.65.